The summed E-state index contributed by atoms with van der Waals surface area (Å²) in [4.78, 5) is 32.4. The number of ketones is 1. The SMILES string of the molecule is CC(=O)c1ccccc1NC(=O)CSc1nc2nc(C)cc(C)n2n1. The molecule has 0 saturated heterocycles. The van der Waals surface area contributed by atoms with E-state index in [1.165, 1.54) is 18.7 Å². The molecule has 128 valence electrons. The molecule has 1 aromatic carbocycles. The van der Waals surface area contributed by atoms with Gasteiger partial charge in [-0.1, -0.05) is 23.9 Å². The van der Waals surface area contributed by atoms with Crippen molar-refractivity contribution in [3.05, 3.63) is 47.3 Å². The van der Waals surface area contributed by atoms with Crippen LogP contribution >= 0.6 is 11.8 Å². The summed E-state index contributed by atoms with van der Waals surface area (Å²) in [7, 11) is 0. The molecule has 2 aromatic heterocycles. The van der Waals surface area contributed by atoms with E-state index in [-0.39, 0.29) is 17.4 Å². The molecule has 25 heavy (non-hydrogen) atoms. The van der Waals surface area contributed by atoms with Gasteiger partial charge in [0, 0.05) is 17.0 Å². The van der Waals surface area contributed by atoms with Gasteiger partial charge in [0.05, 0.1) is 11.4 Å². The molecule has 0 unspecified atom stereocenters. The van der Waals surface area contributed by atoms with Crippen LogP contribution in [0.5, 0.6) is 0 Å². The van der Waals surface area contributed by atoms with Crippen molar-refractivity contribution in [2.75, 3.05) is 11.1 Å². The first-order valence-corrected chi connectivity index (χ1v) is 8.66. The van der Waals surface area contributed by atoms with E-state index < -0.39 is 0 Å². The summed E-state index contributed by atoms with van der Waals surface area (Å²) >= 11 is 1.22. The summed E-state index contributed by atoms with van der Waals surface area (Å²) in [6.07, 6.45) is 0. The summed E-state index contributed by atoms with van der Waals surface area (Å²) in [6.45, 7) is 5.29. The number of hydrogen-bond acceptors (Lipinski definition) is 6. The van der Waals surface area contributed by atoms with Crippen molar-refractivity contribution in [3.8, 4) is 0 Å². The summed E-state index contributed by atoms with van der Waals surface area (Å²) in [5.74, 6) is 0.337. The molecule has 0 saturated carbocycles. The Balaban J connectivity index is 1.69. The Hall–Kier alpha value is -2.74. The fraction of sp³-hybridized carbons (Fsp3) is 0.235. The zero-order valence-electron chi connectivity index (χ0n) is 14.1. The first-order chi connectivity index (χ1) is 11.9. The number of para-hydroxylation sites is 1. The molecular weight excluding hydrogens is 338 g/mol. The zero-order chi connectivity index (χ0) is 18.0. The molecule has 3 rings (SSSR count). The Bertz CT molecular complexity index is 967. The minimum atomic E-state index is -0.224. The lowest BCUT2D eigenvalue weighted by molar-refractivity contribution is -0.113. The number of amides is 1. The first-order valence-electron chi connectivity index (χ1n) is 7.67. The van der Waals surface area contributed by atoms with E-state index in [1.54, 1.807) is 28.8 Å². The maximum Gasteiger partial charge on any atom is 0.253 e. The largest absolute Gasteiger partial charge is 0.325 e. The zero-order valence-corrected chi connectivity index (χ0v) is 14.9. The van der Waals surface area contributed by atoms with Gasteiger partial charge in [0.25, 0.3) is 5.78 Å². The highest BCUT2D eigenvalue weighted by atomic mass is 32.2. The van der Waals surface area contributed by atoms with Crippen molar-refractivity contribution < 1.29 is 9.59 Å². The fourth-order valence-corrected chi connectivity index (χ4v) is 3.04. The highest BCUT2D eigenvalue weighted by Gasteiger charge is 2.13. The van der Waals surface area contributed by atoms with Gasteiger partial charge in [-0.25, -0.2) is 9.50 Å². The second kappa shape index (κ2) is 7.02. The van der Waals surface area contributed by atoms with Gasteiger partial charge < -0.3 is 5.32 Å². The smallest absolute Gasteiger partial charge is 0.253 e. The number of thioether (sulfide) groups is 1. The number of carbonyl (C=O) groups is 2. The van der Waals surface area contributed by atoms with Gasteiger partial charge in [-0.2, -0.15) is 4.98 Å². The van der Waals surface area contributed by atoms with Gasteiger partial charge in [-0.3, -0.25) is 9.59 Å². The van der Waals surface area contributed by atoms with E-state index >= 15 is 0 Å². The van der Waals surface area contributed by atoms with E-state index in [0.29, 0.717) is 22.2 Å². The Morgan fingerprint density at radius 2 is 1.96 bits per heavy atom. The van der Waals surface area contributed by atoms with Gasteiger partial charge >= 0.3 is 0 Å². The number of hydrogen-bond donors (Lipinski definition) is 1. The van der Waals surface area contributed by atoms with E-state index in [1.807, 2.05) is 19.9 Å². The Morgan fingerprint density at radius 3 is 2.72 bits per heavy atom. The number of aromatic nitrogens is 4. The van der Waals surface area contributed by atoms with Gasteiger partial charge in [-0.05, 0) is 39.0 Å². The molecule has 1 N–H and O–H groups in total. The van der Waals surface area contributed by atoms with E-state index in [2.05, 4.69) is 20.4 Å². The van der Waals surface area contributed by atoms with Crippen molar-refractivity contribution in [2.45, 2.75) is 25.9 Å². The summed E-state index contributed by atoms with van der Waals surface area (Å²) in [5.41, 5.74) is 2.80. The first kappa shape index (κ1) is 17.1. The third-order valence-corrected chi connectivity index (χ3v) is 4.35. The van der Waals surface area contributed by atoms with Crippen LogP contribution in [0.25, 0.3) is 5.78 Å². The second-order valence-electron chi connectivity index (χ2n) is 5.58. The van der Waals surface area contributed by atoms with Crippen molar-refractivity contribution >= 4 is 34.9 Å². The predicted octanol–water partition coefficient (Wildman–Crippen LogP) is 2.67. The van der Waals surface area contributed by atoms with Crippen LogP contribution in [0.3, 0.4) is 0 Å². The van der Waals surface area contributed by atoms with Crippen molar-refractivity contribution in [1.82, 2.24) is 19.6 Å². The minimum Gasteiger partial charge on any atom is -0.325 e. The van der Waals surface area contributed by atoms with Gasteiger partial charge in [0.1, 0.15) is 0 Å². The van der Waals surface area contributed by atoms with Crippen LogP contribution in [0, 0.1) is 13.8 Å². The fourth-order valence-electron chi connectivity index (χ4n) is 2.42. The number of aryl methyl sites for hydroxylation is 2. The number of rotatable bonds is 5. The topological polar surface area (TPSA) is 89.2 Å². The number of fused-ring (bicyclic) bond motifs is 1. The van der Waals surface area contributed by atoms with Crippen LogP contribution in [-0.2, 0) is 4.79 Å². The highest BCUT2D eigenvalue weighted by molar-refractivity contribution is 7.99. The molecule has 0 spiro atoms. The standard InChI is InChI=1S/C17H17N5O2S/c1-10-8-11(2)22-16(18-10)20-17(21-22)25-9-15(24)19-14-7-5-4-6-13(14)12(3)23/h4-8H,9H2,1-3H3,(H,19,24). The average molecular weight is 355 g/mol. The maximum atomic E-state index is 12.2. The molecule has 0 aliphatic carbocycles. The average Bonchev–Trinajstić information content (AvgIpc) is 2.96. The van der Waals surface area contributed by atoms with Crippen LogP contribution in [0.1, 0.15) is 28.7 Å². The normalized spacial score (nSPS) is 10.8. The van der Waals surface area contributed by atoms with Gasteiger partial charge in [0.2, 0.25) is 11.1 Å². The molecule has 0 radical (unpaired) electrons. The molecule has 0 aliphatic rings. The number of nitrogens with zero attached hydrogens (tertiary/aromatic N) is 4. The highest BCUT2D eigenvalue weighted by Crippen LogP contribution is 2.18. The van der Waals surface area contributed by atoms with Crippen molar-refractivity contribution in [1.29, 1.82) is 0 Å². The van der Waals surface area contributed by atoms with Crippen LogP contribution in [0.2, 0.25) is 0 Å². The third kappa shape index (κ3) is 3.85. The maximum absolute atomic E-state index is 12.2. The van der Waals surface area contributed by atoms with Crippen molar-refractivity contribution in [3.63, 3.8) is 0 Å². The number of nitrogens with one attached hydrogen (secondary N) is 1. The minimum absolute atomic E-state index is 0.0949. The lowest BCUT2D eigenvalue weighted by Gasteiger charge is -2.08. The Labute approximate surface area is 148 Å². The van der Waals surface area contributed by atoms with Crippen molar-refractivity contribution in [2.24, 2.45) is 0 Å². The number of Topliss-reactive ketones (excluding diaryl/α,β-unsaturated/α-hetero) is 1. The summed E-state index contributed by atoms with van der Waals surface area (Å²) in [6, 6.07) is 8.85. The molecule has 1 amide bonds. The molecule has 8 heteroatoms. The quantitative estimate of drug-likeness (QED) is 0.559. The van der Waals surface area contributed by atoms with Gasteiger partial charge in [0.15, 0.2) is 5.78 Å². The van der Waals surface area contributed by atoms with Crippen LogP contribution in [0.15, 0.2) is 35.5 Å². The second-order valence-corrected chi connectivity index (χ2v) is 6.53. The summed E-state index contributed by atoms with van der Waals surface area (Å²) in [5, 5.41) is 7.59. The van der Waals surface area contributed by atoms with E-state index in [9.17, 15) is 9.59 Å². The molecule has 0 aliphatic heterocycles. The van der Waals surface area contributed by atoms with E-state index in [4.69, 9.17) is 0 Å². The van der Waals surface area contributed by atoms with E-state index in [0.717, 1.165) is 11.4 Å². The van der Waals surface area contributed by atoms with Crippen LogP contribution < -0.4 is 5.32 Å². The predicted molar refractivity (Wildman–Crippen MR) is 96.1 cm³/mol. The Morgan fingerprint density at radius 1 is 1.20 bits per heavy atom. The third-order valence-electron chi connectivity index (χ3n) is 3.51. The molecule has 7 nitrogen and oxygen atoms in total. The lowest BCUT2D eigenvalue weighted by atomic mass is 10.1. The summed E-state index contributed by atoms with van der Waals surface area (Å²) < 4.78 is 1.65. The Kier molecular flexibility index (Phi) is 4.80. The molecular formula is C17H17N5O2S. The van der Waals surface area contributed by atoms with Crippen LogP contribution in [0.4, 0.5) is 5.69 Å². The van der Waals surface area contributed by atoms with Crippen LogP contribution in [-0.4, -0.2) is 37.0 Å². The molecule has 0 bridgehead atoms. The lowest BCUT2D eigenvalue weighted by Crippen LogP contribution is -2.16. The van der Waals surface area contributed by atoms with Gasteiger partial charge in [-0.15, -0.1) is 5.10 Å². The molecule has 0 fully saturated rings. The molecule has 0 atom stereocenters. The number of carbonyl (C=O) groups excluding carboxylic acids is 2. The number of anilines is 1. The number of benzene rings is 1. The molecule has 2 heterocycles. The molecule has 3 aromatic rings. The monoisotopic (exact) mass is 355 g/mol.